The van der Waals surface area contributed by atoms with E-state index >= 15 is 0 Å². The van der Waals surface area contributed by atoms with Crippen molar-refractivity contribution in [2.45, 2.75) is 6.92 Å². The molecule has 0 atom stereocenters. The Morgan fingerprint density at radius 1 is 1.40 bits per heavy atom. The maximum absolute atomic E-state index is 12.3. The van der Waals surface area contributed by atoms with Gasteiger partial charge in [0, 0.05) is 8.04 Å². The first-order chi connectivity index (χ1) is 9.40. The van der Waals surface area contributed by atoms with Gasteiger partial charge < -0.3 is 10.4 Å². The van der Waals surface area contributed by atoms with Crippen LogP contribution >= 0.6 is 49.9 Å². The molecule has 1 aromatic heterocycles. The first kappa shape index (κ1) is 15.5. The highest BCUT2D eigenvalue weighted by molar-refractivity contribution is 14.1. The Labute approximate surface area is 141 Å². The molecule has 4 nitrogen and oxygen atoms in total. The van der Waals surface area contributed by atoms with Gasteiger partial charge in [-0.1, -0.05) is 0 Å². The third-order valence-electron chi connectivity index (χ3n) is 2.58. The summed E-state index contributed by atoms with van der Waals surface area (Å²) >= 11 is 6.54. The summed E-state index contributed by atoms with van der Waals surface area (Å²) in [7, 11) is 0. The van der Waals surface area contributed by atoms with Crippen LogP contribution in [0.5, 0.6) is 0 Å². The summed E-state index contributed by atoms with van der Waals surface area (Å²) in [6, 6.07) is 5.40. The highest BCUT2D eigenvalue weighted by atomic mass is 127. The Kier molecular flexibility index (Phi) is 4.82. The fraction of sp³-hybridized carbons (Fsp3) is 0.0769. The smallest absolute Gasteiger partial charge is 0.348 e. The van der Waals surface area contributed by atoms with Gasteiger partial charge in [-0.15, -0.1) is 11.3 Å². The lowest BCUT2D eigenvalue weighted by Crippen LogP contribution is -2.15. The molecule has 0 saturated carbocycles. The average molecular weight is 466 g/mol. The largest absolute Gasteiger partial charge is 0.477 e. The lowest BCUT2D eigenvalue weighted by atomic mass is 10.2. The number of nitrogens with one attached hydrogen (secondary N) is 1. The molecule has 0 aliphatic carbocycles. The zero-order valence-corrected chi connectivity index (χ0v) is 14.8. The average Bonchev–Trinajstić information content (AvgIpc) is 2.74. The van der Waals surface area contributed by atoms with E-state index in [0.29, 0.717) is 15.7 Å². The molecule has 0 bridgehead atoms. The fourth-order valence-corrected chi connectivity index (χ4v) is 3.37. The van der Waals surface area contributed by atoms with Crippen LogP contribution in [0.4, 0.5) is 5.69 Å². The number of anilines is 1. The van der Waals surface area contributed by atoms with Crippen LogP contribution in [0.15, 0.2) is 28.1 Å². The minimum absolute atomic E-state index is 0.137. The van der Waals surface area contributed by atoms with E-state index in [-0.39, 0.29) is 10.8 Å². The summed E-state index contributed by atoms with van der Waals surface area (Å²) in [5.41, 5.74) is 1.57. The van der Waals surface area contributed by atoms with E-state index < -0.39 is 5.97 Å². The fourth-order valence-electron chi connectivity index (χ4n) is 1.61. The molecule has 0 aliphatic rings. The standard InChI is InChI=1S/C13H9BrINO3S/c1-6-5-20-11(13(18)19)10(6)16-12(17)8-4-7(15)2-3-9(8)14/h2-5H,1H3,(H,16,17)(H,18,19). The lowest BCUT2D eigenvalue weighted by Gasteiger charge is -2.08. The van der Waals surface area contributed by atoms with E-state index in [1.165, 1.54) is 0 Å². The molecule has 0 spiro atoms. The van der Waals surface area contributed by atoms with Gasteiger partial charge in [0.25, 0.3) is 5.91 Å². The number of carbonyl (C=O) groups is 2. The van der Waals surface area contributed by atoms with E-state index in [2.05, 4.69) is 43.8 Å². The maximum atomic E-state index is 12.3. The molecule has 20 heavy (non-hydrogen) atoms. The van der Waals surface area contributed by atoms with Gasteiger partial charge in [-0.3, -0.25) is 4.79 Å². The summed E-state index contributed by atoms with van der Waals surface area (Å²) in [4.78, 5) is 23.5. The van der Waals surface area contributed by atoms with Crippen LogP contribution in [0, 0.1) is 10.5 Å². The number of carboxylic acid groups (broad SMARTS) is 1. The number of aromatic carboxylic acids is 1. The van der Waals surface area contributed by atoms with E-state index in [4.69, 9.17) is 5.11 Å². The predicted octanol–water partition coefficient (Wildman–Crippen LogP) is 4.37. The van der Waals surface area contributed by atoms with Gasteiger partial charge in [0.05, 0.1) is 11.3 Å². The normalized spacial score (nSPS) is 10.3. The number of benzene rings is 1. The number of hydrogen-bond acceptors (Lipinski definition) is 3. The van der Waals surface area contributed by atoms with Crippen molar-refractivity contribution in [1.29, 1.82) is 0 Å². The van der Waals surface area contributed by atoms with Gasteiger partial charge in [0.2, 0.25) is 0 Å². The van der Waals surface area contributed by atoms with E-state index in [1.54, 1.807) is 24.4 Å². The van der Waals surface area contributed by atoms with Gasteiger partial charge in [0.1, 0.15) is 4.88 Å². The highest BCUT2D eigenvalue weighted by Gasteiger charge is 2.19. The number of thiophene rings is 1. The van der Waals surface area contributed by atoms with Gasteiger partial charge in [-0.05, 0) is 74.6 Å². The molecule has 0 fully saturated rings. The molecule has 1 aromatic carbocycles. The number of amides is 1. The van der Waals surface area contributed by atoms with Crippen LogP contribution in [0.2, 0.25) is 0 Å². The van der Waals surface area contributed by atoms with Crippen LogP contribution in [0.3, 0.4) is 0 Å². The zero-order valence-electron chi connectivity index (χ0n) is 10.2. The number of rotatable bonds is 3. The van der Waals surface area contributed by atoms with Gasteiger partial charge in [-0.2, -0.15) is 0 Å². The van der Waals surface area contributed by atoms with E-state index in [0.717, 1.165) is 20.5 Å². The van der Waals surface area contributed by atoms with Crippen molar-refractivity contribution in [3.63, 3.8) is 0 Å². The Morgan fingerprint density at radius 2 is 2.10 bits per heavy atom. The Hall–Kier alpha value is -0.930. The van der Waals surface area contributed by atoms with Crippen LogP contribution in [0.25, 0.3) is 0 Å². The van der Waals surface area contributed by atoms with Crippen molar-refractivity contribution in [2.24, 2.45) is 0 Å². The Morgan fingerprint density at radius 3 is 2.75 bits per heavy atom. The minimum atomic E-state index is -1.04. The van der Waals surface area contributed by atoms with Gasteiger partial charge in [0.15, 0.2) is 0 Å². The van der Waals surface area contributed by atoms with Crippen molar-refractivity contribution in [3.8, 4) is 0 Å². The third kappa shape index (κ3) is 3.21. The minimum Gasteiger partial charge on any atom is -0.477 e. The van der Waals surface area contributed by atoms with Crippen LogP contribution in [-0.4, -0.2) is 17.0 Å². The summed E-state index contributed by atoms with van der Waals surface area (Å²) in [5, 5.41) is 13.5. The van der Waals surface area contributed by atoms with Crippen molar-refractivity contribution >= 4 is 67.4 Å². The third-order valence-corrected chi connectivity index (χ3v) is 5.03. The summed E-state index contributed by atoms with van der Waals surface area (Å²) in [5.74, 6) is -1.38. The quantitative estimate of drug-likeness (QED) is 0.661. The second-order valence-electron chi connectivity index (χ2n) is 4.01. The Balaban J connectivity index is 2.35. The molecule has 1 heterocycles. The molecular formula is C13H9BrINO3S. The monoisotopic (exact) mass is 465 g/mol. The molecule has 2 aromatic rings. The molecule has 0 unspecified atom stereocenters. The number of carbonyl (C=O) groups excluding carboxylic acids is 1. The Bertz CT molecular complexity index is 699. The van der Waals surface area contributed by atoms with Crippen molar-refractivity contribution in [3.05, 3.63) is 47.6 Å². The van der Waals surface area contributed by atoms with Crippen molar-refractivity contribution < 1.29 is 14.7 Å². The summed E-state index contributed by atoms with van der Waals surface area (Å²) in [6.45, 7) is 1.77. The summed E-state index contributed by atoms with van der Waals surface area (Å²) in [6.07, 6.45) is 0. The van der Waals surface area contributed by atoms with Gasteiger partial charge in [-0.25, -0.2) is 4.79 Å². The molecule has 2 N–H and O–H groups in total. The molecular weight excluding hydrogens is 457 g/mol. The van der Waals surface area contributed by atoms with Crippen LogP contribution < -0.4 is 5.32 Å². The number of hydrogen-bond donors (Lipinski definition) is 2. The molecule has 0 radical (unpaired) electrons. The lowest BCUT2D eigenvalue weighted by molar-refractivity contribution is 0.0703. The van der Waals surface area contributed by atoms with Crippen LogP contribution in [0.1, 0.15) is 25.6 Å². The number of aryl methyl sites for hydroxylation is 1. The topological polar surface area (TPSA) is 66.4 Å². The van der Waals surface area contributed by atoms with E-state index in [1.807, 2.05) is 6.07 Å². The van der Waals surface area contributed by atoms with Gasteiger partial charge >= 0.3 is 5.97 Å². The molecule has 104 valence electrons. The molecule has 2 rings (SSSR count). The zero-order chi connectivity index (χ0) is 14.9. The maximum Gasteiger partial charge on any atom is 0.348 e. The first-order valence-electron chi connectivity index (χ1n) is 5.48. The molecule has 7 heteroatoms. The highest BCUT2D eigenvalue weighted by Crippen LogP contribution is 2.29. The van der Waals surface area contributed by atoms with Crippen molar-refractivity contribution in [1.82, 2.24) is 0 Å². The second kappa shape index (κ2) is 6.23. The number of carboxylic acids is 1. The second-order valence-corrected chi connectivity index (χ2v) is 6.99. The predicted molar refractivity (Wildman–Crippen MR) is 90.8 cm³/mol. The first-order valence-corrected chi connectivity index (χ1v) is 8.23. The van der Waals surface area contributed by atoms with Crippen LogP contribution in [-0.2, 0) is 0 Å². The molecule has 1 amide bonds. The molecule has 0 aliphatic heterocycles. The summed E-state index contributed by atoms with van der Waals surface area (Å²) < 4.78 is 1.59. The number of halogens is 2. The molecule has 0 saturated heterocycles. The SMILES string of the molecule is Cc1csc(C(=O)O)c1NC(=O)c1cc(I)ccc1Br. The van der Waals surface area contributed by atoms with E-state index in [9.17, 15) is 9.59 Å². The van der Waals surface area contributed by atoms with Crippen molar-refractivity contribution in [2.75, 3.05) is 5.32 Å².